The van der Waals surface area contributed by atoms with Gasteiger partial charge in [0.1, 0.15) is 11.9 Å². The lowest BCUT2D eigenvalue weighted by Gasteiger charge is -2.32. The summed E-state index contributed by atoms with van der Waals surface area (Å²) >= 11 is 0. The maximum absolute atomic E-state index is 14.2. The fourth-order valence-electron chi connectivity index (χ4n) is 6.41. The number of amides is 1. The minimum atomic E-state index is -2.79. The van der Waals surface area contributed by atoms with Crippen molar-refractivity contribution in [3.8, 4) is 11.7 Å². The topological polar surface area (TPSA) is 88.9 Å². The number of rotatable bonds is 9. The van der Waals surface area contributed by atoms with Gasteiger partial charge in [0.2, 0.25) is 17.7 Å². The zero-order valence-electron chi connectivity index (χ0n) is 24.8. The molecule has 0 spiro atoms. The van der Waals surface area contributed by atoms with E-state index in [0.29, 0.717) is 49.2 Å². The van der Waals surface area contributed by atoms with Crippen molar-refractivity contribution in [2.45, 2.75) is 57.5 Å². The number of carbonyl (C=O) groups excluding carboxylic acids is 1. The maximum Gasteiger partial charge on any atom is 0.296 e. The van der Waals surface area contributed by atoms with Crippen molar-refractivity contribution >= 4 is 22.9 Å². The van der Waals surface area contributed by atoms with Gasteiger partial charge >= 0.3 is 0 Å². The molecule has 0 N–H and O–H groups in total. The second kappa shape index (κ2) is 13.5. The number of nitrogens with zero attached hydrogens (tertiary/aromatic N) is 7. The summed E-state index contributed by atoms with van der Waals surface area (Å²) in [6, 6.07) is 8.66. The Labute approximate surface area is 251 Å². The summed E-state index contributed by atoms with van der Waals surface area (Å²) < 4.78 is 41.6. The molecular formula is C31H41F2N7O3. The SMILES string of the molecule is CN(CCN1CCCCC1)C(=O)[C@H]1CC[C@H](Oc2cc(-n3c(C(F)F)nc4ccccc43)nc(N3CCOCC3)n2)CC1. The van der Waals surface area contributed by atoms with Gasteiger partial charge in [-0.3, -0.25) is 9.36 Å². The number of morpholine rings is 1. The highest BCUT2D eigenvalue weighted by Gasteiger charge is 2.30. The van der Waals surface area contributed by atoms with E-state index in [-0.39, 0.29) is 29.6 Å². The number of hydrogen-bond acceptors (Lipinski definition) is 8. The Balaban J connectivity index is 1.16. The van der Waals surface area contributed by atoms with Crippen molar-refractivity contribution < 1.29 is 23.0 Å². The molecule has 1 amide bonds. The lowest BCUT2D eigenvalue weighted by atomic mass is 9.86. The number of aromatic nitrogens is 4. The van der Waals surface area contributed by atoms with Gasteiger partial charge in [-0.1, -0.05) is 18.6 Å². The first kappa shape index (κ1) is 29.7. The van der Waals surface area contributed by atoms with Gasteiger partial charge in [0.15, 0.2) is 5.82 Å². The van der Waals surface area contributed by atoms with Crippen LogP contribution in [0.2, 0.25) is 0 Å². The second-order valence-corrected chi connectivity index (χ2v) is 11.8. The van der Waals surface area contributed by atoms with Gasteiger partial charge in [0, 0.05) is 45.2 Å². The third-order valence-corrected chi connectivity index (χ3v) is 8.87. The van der Waals surface area contributed by atoms with Gasteiger partial charge in [0.05, 0.1) is 24.2 Å². The molecule has 2 saturated heterocycles. The Kier molecular flexibility index (Phi) is 9.32. The molecule has 0 atom stereocenters. The number of imidazole rings is 1. The zero-order chi connectivity index (χ0) is 29.8. The van der Waals surface area contributed by atoms with E-state index in [4.69, 9.17) is 19.4 Å². The fraction of sp³-hybridized carbons (Fsp3) is 0.613. The van der Waals surface area contributed by atoms with Crippen LogP contribution in [-0.2, 0) is 9.53 Å². The van der Waals surface area contributed by atoms with Crippen LogP contribution >= 0.6 is 0 Å². The number of piperidine rings is 1. The smallest absolute Gasteiger partial charge is 0.296 e. The summed E-state index contributed by atoms with van der Waals surface area (Å²) in [6.45, 7) is 6.19. The molecule has 3 aliphatic rings. The highest BCUT2D eigenvalue weighted by atomic mass is 19.3. The van der Waals surface area contributed by atoms with Crippen molar-refractivity contribution in [2.24, 2.45) is 5.92 Å². The molecule has 10 nitrogen and oxygen atoms in total. The number of likely N-dealkylation sites (N-methyl/N-ethyl adjacent to an activating group) is 1. The number of anilines is 1. The molecule has 1 aliphatic carbocycles. The molecule has 1 saturated carbocycles. The van der Waals surface area contributed by atoms with Crippen molar-refractivity contribution in [3.63, 3.8) is 0 Å². The van der Waals surface area contributed by atoms with Crippen LogP contribution in [0.4, 0.5) is 14.7 Å². The van der Waals surface area contributed by atoms with Crippen LogP contribution in [0.15, 0.2) is 30.3 Å². The van der Waals surface area contributed by atoms with Crippen molar-refractivity contribution in [2.75, 3.05) is 64.4 Å². The molecule has 2 aromatic heterocycles. The zero-order valence-corrected chi connectivity index (χ0v) is 24.8. The Morgan fingerprint density at radius 1 is 1.02 bits per heavy atom. The average Bonchev–Trinajstić information content (AvgIpc) is 3.45. The molecule has 0 bridgehead atoms. The number of fused-ring (bicyclic) bond motifs is 1. The number of ether oxygens (including phenoxy) is 2. The van der Waals surface area contributed by atoms with E-state index >= 15 is 0 Å². The first-order valence-corrected chi connectivity index (χ1v) is 15.6. The first-order valence-electron chi connectivity index (χ1n) is 15.6. The molecule has 0 radical (unpaired) electrons. The van der Waals surface area contributed by atoms with E-state index in [1.54, 1.807) is 30.3 Å². The van der Waals surface area contributed by atoms with Crippen LogP contribution in [0.25, 0.3) is 16.9 Å². The third kappa shape index (κ3) is 6.90. The minimum absolute atomic E-state index is 0.0120. The van der Waals surface area contributed by atoms with Crippen LogP contribution < -0.4 is 9.64 Å². The minimum Gasteiger partial charge on any atom is -0.474 e. The van der Waals surface area contributed by atoms with Gasteiger partial charge in [-0.25, -0.2) is 13.8 Å². The molecule has 6 rings (SSSR count). The van der Waals surface area contributed by atoms with E-state index in [1.165, 1.54) is 23.8 Å². The highest BCUT2D eigenvalue weighted by Crippen LogP contribution is 2.32. The predicted octanol–water partition coefficient (Wildman–Crippen LogP) is 4.47. The summed E-state index contributed by atoms with van der Waals surface area (Å²) in [5, 5.41) is 0. The van der Waals surface area contributed by atoms with E-state index in [0.717, 1.165) is 51.9 Å². The molecule has 12 heteroatoms. The van der Waals surface area contributed by atoms with Crippen LogP contribution in [0.5, 0.6) is 5.88 Å². The highest BCUT2D eigenvalue weighted by molar-refractivity contribution is 5.79. The normalized spacial score (nSPS) is 21.8. The molecule has 0 unspecified atom stereocenters. The number of likely N-dealkylation sites (tertiary alicyclic amines) is 1. The standard InChI is InChI=1S/C31H41F2N7O3/c1-37(15-16-38-13-5-2-6-14-38)30(41)22-9-11-23(12-10-22)43-27-21-26(35-31(36-27)39-17-19-42-20-18-39)40-25-8-4-3-7-24(25)34-29(40)28(32)33/h3-4,7-8,21-23,28H,2,5-6,9-20H2,1H3/t22-,23-. The predicted molar refractivity (Wildman–Crippen MR) is 159 cm³/mol. The van der Waals surface area contributed by atoms with Gasteiger partial charge in [-0.2, -0.15) is 9.97 Å². The van der Waals surface area contributed by atoms with Gasteiger partial charge < -0.3 is 24.2 Å². The Morgan fingerprint density at radius 3 is 2.51 bits per heavy atom. The largest absolute Gasteiger partial charge is 0.474 e. The van der Waals surface area contributed by atoms with Crippen LogP contribution in [0, 0.1) is 5.92 Å². The van der Waals surface area contributed by atoms with Crippen LogP contribution in [-0.4, -0.2) is 101 Å². The summed E-state index contributed by atoms with van der Waals surface area (Å²) in [7, 11) is 1.91. The number of alkyl halides is 2. The monoisotopic (exact) mass is 597 g/mol. The van der Waals surface area contributed by atoms with Gasteiger partial charge in [0.25, 0.3) is 6.43 Å². The molecule has 3 fully saturated rings. The fourth-order valence-corrected chi connectivity index (χ4v) is 6.41. The second-order valence-electron chi connectivity index (χ2n) is 11.8. The summed E-state index contributed by atoms with van der Waals surface area (Å²) in [6.07, 6.45) is 3.81. The Bertz CT molecular complexity index is 1380. The first-order chi connectivity index (χ1) is 21.0. The molecule has 232 valence electrons. The lowest BCUT2D eigenvalue weighted by molar-refractivity contribution is -0.136. The van der Waals surface area contributed by atoms with Crippen LogP contribution in [0.3, 0.4) is 0 Å². The molecule has 2 aliphatic heterocycles. The molecule has 4 heterocycles. The third-order valence-electron chi connectivity index (χ3n) is 8.87. The number of hydrogen-bond donors (Lipinski definition) is 0. The van der Waals surface area contributed by atoms with Crippen molar-refractivity contribution in [1.29, 1.82) is 0 Å². The Hall–Kier alpha value is -3.38. The lowest BCUT2D eigenvalue weighted by Crippen LogP contribution is -2.42. The Morgan fingerprint density at radius 2 is 1.77 bits per heavy atom. The average molecular weight is 598 g/mol. The summed E-state index contributed by atoms with van der Waals surface area (Å²) in [4.78, 5) is 33.1. The van der Waals surface area contributed by atoms with Crippen molar-refractivity contribution in [1.82, 2.24) is 29.3 Å². The van der Waals surface area contributed by atoms with E-state index in [1.807, 2.05) is 16.8 Å². The molecular weight excluding hydrogens is 556 g/mol. The number of halogens is 2. The number of benzene rings is 1. The van der Waals surface area contributed by atoms with Gasteiger partial charge in [-0.15, -0.1) is 0 Å². The van der Waals surface area contributed by atoms with E-state index < -0.39 is 6.43 Å². The van der Waals surface area contributed by atoms with E-state index in [9.17, 15) is 13.6 Å². The molecule has 43 heavy (non-hydrogen) atoms. The molecule has 3 aromatic rings. The van der Waals surface area contributed by atoms with Crippen LogP contribution in [0.1, 0.15) is 57.2 Å². The van der Waals surface area contributed by atoms with Crippen molar-refractivity contribution in [3.05, 3.63) is 36.2 Å². The molecule has 1 aromatic carbocycles. The van der Waals surface area contributed by atoms with Gasteiger partial charge in [-0.05, 0) is 63.7 Å². The number of para-hydroxylation sites is 2. The quantitative estimate of drug-likeness (QED) is 0.357. The number of carbonyl (C=O) groups is 1. The summed E-state index contributed by atoms with van der Waals surface area (Å²) in [5.74, 6) is 0.852. The summed E-state index contributed by atoms with van der Waals surface area (Å²) in [5.41, 5.74) is 1.01. The maximum atomic E-state index is 14.2. The van der Waals surface area contributed by atoms with E-state index in [2.05, 4.69) is 9.88 Å².